The predicted molar refractivity (Wildman–Crippen MR) is 103 cm³/mol. The van der Waals surface area contributed by atoms with Crippen LogP contribution in [0, 0.1) is 12.7 Å². The molecule has 2 fully saturated rings. The third kappa shape index (κ3) is 3.49. The van der Waals surface area contributed by atoms with Gasteiger partial charge in [-0.15, -0.1) is 0 Å². The molecule has 26 heavy (non-hydrogen) atoms. The fourth-order valence-corrected chi connectivity index (χ4v) is 4.36. The summed E-state index contributed by atoms with van der Waals surface area (Å²) in [4.78, 5) is 5.00. The lowest BCUT2D eigenvalue weighted by Gasteiger charge is -2.41. The molecule has 4 rings (SSSR count). The number of nitrogens with zero attached hydrogens (tertiary/aromatic N) is 2. The molecule has 2 aromatic carbocycles. The Bertz CT molecular complexity index is 749. The van der Waals surface area contributed by atoms with E-state index < -0.39 is 0 Å². The molecule has 3 nitrogen and oxygen atoms in total. The molecule has 0 unspecified atom stereocenters. The lowest BCUT2D eigenvalue weighted by molar-refractivity contribution is 0.147. The van der Waals surface area contributed by atoms with E-state index in [9.17, 15) is 4.39 Å². The van der Waals surface area contributed by atoms with Crippen molar-refractivity contribution in [3.8, 4) is 0 Å². The number of hydrogen-bond acceptors (Lipinski definition) is 3. The minimum atomic E-state index is -0.154. The Hall–Kier alpha value is -1.91. The second-order valence-corrected chi connectivity index (χ2v) is 7.64. The van der Waals surface area contributed by atoms with E-state index >= 15 is 0 Å². The Kier molecular flexibility index (Phi) is 4.96. The van der Waals surface area contributed by atoms with Gasteiger partial charge < -0.3 is 9.64 Å². The largest absolute Gasteiger partial charge is 0.380 e. The van der Waals surface area contributed by atoms with Crippen LogP contribution in [0.25, 0.3) is 0 Å². The molecule has 2 aliphatic heterocycles. The minimum Gasteiger partial charge on any atom is -0.380 e. The van der Waals surface area contributed by atoms with Crippen molar-refractivity contribution in [2.24, 2.45) is 0 Å². The highest BCUT2D eigenvalue weighted by molar-refractivity contribution is 5.53. The number of aryl methyl sites for hydroxylation is 1. The number of anilines is 1. The molecule has 138 valence electrons. The van der Waals surface area contributed by atoms with E-state index in [1.165, 1.54) is 17.3 Å². The number of rotatable bonds is 4. The van der Waals surface area contributed by atoms with Gasteiger partial charge in [-0.05, 0) is 42.7 Å². The molecular formula is C22H27FN2O. The van der Waals surface area contributed by atoms with Gasteiger partial charge in [0.1, 0.15) is 5.82 Å². The standard InChI is InChI=1S/C22H27FN2O/c1-18-5-2-3-8-21(18)25-12-10-24(11-13-25)16-22(9-14-26-17-22)19-6-4-7-20(23)15-19/h2-8,15H,9-14,16-17H2,1H3/t22-/m1/s1. The monoisotopic (exact) mass is 354 g/mol. The van der Waals surface area contributed by atoms with Crippen LogP contribution in [0.4, 0.5) is 10.1 Å². The van der Waals surface area contributed by atoms with Crippen LogP contribution in [0.15, 0.2) is 48.5 Å². The summed E-state index contributed by atoms with van der Waals surface area (Å²) < 4.78 is 19.5. The molecule has 4 heteroatoms. The second-order valence-electron chi connectivity index (χ2n) is 7.64. The average molecular weight is 354 g/mol. The first-order valence-corrected chi connectivity index (χ1v) is 9.53. The SMILES string of the molecule is Cc1ccccc1N1CCN(C[C@]2(c3cccc(F)c3)CCOC2)CC1. The van der Waals surface area contributed by atoms with Gasteiger partial charge in [0.2, 0.25) is 0 Å². The van der Waals surface area contributed by atoms with Gasteiger partial charge in [-0.3, -0.25) is 4.90 Å². The number of piperazine rings is 1. The van der Waals surface area contributed by atoms with Crippen molar-refractivity contribution in [3.63, 3.8) is 0 Å². The normalized spacial score (nSPS) is 24.2. The maximum Gasteiger partial charge on any atom is 0.123 e. The van der Waals surface area contributed by atoms with E-state index in [-0.39, 0.29) is 11.2 Å². The Morgan fingerprint density at radius 2 is 1.85 bits per heavy atom. The highest BCUT2D eigenvalue weighted by atomic mass is 19.1. The molecule has 0 bridgehead atoms. The fourth-order valence-electron chi connectivity index (χ4n) is 4.36. The minimum absolute atomic E-state index is 0.0765. The molecule has 1 atom stereocenters. The summed E-state index contributed by atoms with van der Waals surface area (Å²) >= 11 is 0. The van der Waals surface area contributed by atoms with Crippen LogP contribution in [0.1, 0.15) is 17.5 Å². The van der Waals surface area contributed by atoms with Crippen molar-refractivity contribution in [3.05, 3.63) is 65.5 Å². The van der Waals surface area contributed by atoms with Crippen molar-refractivity contribution in [2.45, 2.75) is 18.8 Å². The molecule has 0 aliphatic carbocycles. The highest BCUT2D eigenvalue weighted by Crippen LogP contribution is 2.35. The summed E-state index contributed by atoms with van der Waals surface area (Å²) in [6, 6.07) is 15.7. The van der Waals surface area contributed by atoms with E-state index in [0.29, 0.717) is 6.61 Å². The zero-order valence-corrected chi connectivity index (χ0v) is 15.5. The molecule has 0 aromatic heterocycles. The van der Waals surface area contributed by atoms with E-state index in [1.807, 2.05) is 6.07 Å². The number of ether oxygens (including phenoxy) is 1. The molecule has 0 amide bonds. The van der Waals surface area contributed by atoms with Crippen LogP contribution < -0.4 is 4.90 Å². The summed E-state index contributed by atoms with van der Waals surface area (Å²) in [6.45, 7) is 8.70. The molecule has 0 spiro atoms. The van der Waals surface area contributed by atoms with Crippen molar-refractivity contribution < 1.29 is 9.13 Å². The molecule has 2 heterocycles. The van der Waals surface area contributed by atoms with Gasteiger partial charge in [0.25, 0.3) is 0 Å². The van der Waals surface area contributed by atoms with Gasteiger partial charge in [-0.25, -0.2) is 4.39 Å². The third-order valence-corrected chi connectivity index (χ3v) is 5.90. The van der Waals surface area contributed by atoms with E-state index in [0.717, 1.165) is 51.3 Å². The lowest BCUT2D eigenvalue weighted by atomic mass is 9.79. The smallest absolute Gasteiger partial charge is 0.123 e. The first-order valence-electron chi connectivity index (χ1n) is 9.53. The molecule has 2 aromatic rings. The lowest BCUT2D eigenvalue weighted by Crippen LogP contribution is -2.51. The quantitative estimate of drug-likeness (QED) is 0.834. The van der Waals surface area contributed by atoms with E-state index in [2.05, 4.69) is 47.1 Å². The summed E-state index contributed by atoms with van der Waals surface area (Å²) in [5.41, 5.74) is 3.68. The number of benzene rings is 2. The predicted octanol–water partition coefficient (Wildman–Crippen LogP) is 3.61. The Morgan fingerprint density at radius 1 is 1.04 bits per heavy atom. The molecule has 0 radical (unpaired) electrons. The number of halogens is 1. The highest BCUT2D eigenvalue weighted by Gasteiger charge is 2.39. The van der Waals surface area contributed by atoms with Gasteiger partial charge >= 0.3 is 0 Å². The van der Waals surface area contributed by atoms with E-state index in [1.54, 1.807) is 6.07 Å². The third-order valence-electron chi connectivity index (χ3n) is 5.90. The molecular weight excluding hydrogens is 327 g/mol. The zero-order chi connectivity index (χ0) is 18.0. The summed E-state index contributed by atoms with van der Waals surface area (Å²) in [7, 11) is 0. The second kappa shape index (κ2) is 7.37. The van der Waals surface area contributed by atoms with Crippen molar-refractivity contribution >= 4 is 5.69 Å². The number of hydrogen-bond donors (Lipinski definition) is 0. The van der Waals surface area contributed by atoms with Crippen molar-refractivity contribution in [1.82, 2.24) is 4.90 Å². The molecule has 0 saturated carbocycles. The maximum absolute atomic E-state index is 13.8. The van der Waals surface area contributed by atoms with Crippen LogP contribution in [0.2, 0.25) is 0 Å². The van der Waals surface area contributed by atoms with E-state index in [4.69, 9.17) is 4.74 Å². The summed E-state index contributed by atoms with van der Waals surface area (Å²) in [5, 5.41) is 0. The fraction of sp³-hybridized carbons (Fsp3) is 0.455. The molecule has 0 N–H and O–H groups in total. The van der Waals surface area contributed by atoms with Crippen LogP contribution >= 0.6 is 0 Å². The van der Waals surface area contributed by atoms with Crippen LogP contribution in [0.5, 0.6) is 0 Å². The first-order chi connectivity index (χ1) is 12.7. The first kappa shape index (κ1) is 17.5. The molecule has 2 aliphatic rings. The van der Waals surface area contributed by atoms with Crippen molar-refractivity contribution in [1.29, 1.82) is 0 Å². The van der Waals surface area contributed by atoms with Crippen LogP contribution in [0.3, 0.4) is 0 Å². The van der Waals surface area contributed by atoms with Gasteiger partial charge in [-0.1, -0.05) is 30.3 Å². The van der Waals surface area contributed by atoms with Crippen LogP contribution in [-0.4, -0.2) is 50.8 Å². The van der Waals surface area contributed by atoms with Gasteiger partial charge in [0.05, 0.1) is 6.61 Å². The summed E-state index contributed by atoms with van der Waals surface area (Å²) in [5.74, 6) is -0.154. The Morgan fingerprint density at radius 3 is 2.54 bits per heavy atom. The number of para-hydroxylation sites is 1. The Balaban J connectivity index is 1.45. The van der Waals surface area contributed by atoms with Crippen molar-refractivity contribution in [2.75, 3.05) is 50.8 Å². The van der Waals surface area contributed by atoms with Crippen LogP contribution in [-0.2, 0) is 10.2 Å². The molecule has 2 saturated heterocycles. The average Bonchev–Trinajstić information content (AvgIpc) is 3.13. The maximum atomic E-state index is 13.8. The van der Waals surface area contributed by atoms with Gasteiger partial charge in [-0.2, -0.15) is 0 Å². The van der Waals surface area contributed by atoms with Gasteiger partial charge in [0, 0.05) is 50.4 Å². The Labute approximate surface area is 155 Å². The van der Waals surface area contributed by atoms with Gasteiger partial charge in [0.15, 0.2) is 0 Å². The topological polar surface area (TPSA) is 15.7 Å². The zero-order valence-electron chi connectivity index (χ0n) is 15.5. The summed E-state index contributed by atoms with van der Waals surface area (Å²) in [6.07, 6.45) is 0.967.